The number of nitrogen functional groups attached to an aromatic ring is 1. The zero-order valence-electron chi connectivity index (χ0n) is 9.91. The first-order valence-electron chi connectivity index (χ1n) is 5.50. The lowest BCUT2D eigenvalue weighted by atomic mass is 10.1. The molecule has 0 fully saturated rings. The Kier molecular flexibility index (Phi) is 3.53. The average molecular weight is 261 g/mol. The molecule has 0 unspecified atom stereocenters. The van der Waals surface area contributed by atoms with E-state index in [4.69, 9.17) is 17.3 Å². The Morgan fingerprint density at radius 3 is 2.67 bits per heavy atom. The van der Waals surface area contributed by atoms with Crippen molar-refractivity contribution in [3.8, 4) is 0 Å². The quantitative estimate of drug-likeness (QED) is 0.812. The number of carbonyl (C=O) groups is 1. The van der Waals surface area contributed by atoms with Gasteiger partial charge in [0.05, 0.1) is 11.4 Å². The van der Waals surface area contributed by atoms with Crippen LogP contribution in [0.25, 0.3) is 0 Å². The van der Waals surface area contributed by atoms with Gasteiger partial charge in [-0.25, -0.2) is 0 Å². The molecular weight excluding hydrogens is 248 g/mol. The first-order chi connectivity index (χ1) is 8.58. The minimum atomic E-state index is -0.215. The Morgan fingerprint density at radius 2 is 1.94 bits per heavy atom. The molecule has 0 aromatic heterocycles. The highest BCUT2D eigenvalue weighted by molar-refractivity contribution is 6.31. The third-order valence-corrected chi connectivity index (χ3v) is 2.89. The Hall–Kier alpha value is -2.00. The number of aryl methyl sites for hydroxylation is 1. The summed E-state index contributed by atoms with van der Waals surface area (Å²) in [6.07, 6.45) is 0. The van der Waals surface area contributed by atoms with Crippen molar-refractivity contribution < 1.29 is 4.79 Å². The molecule has 0 aliphatic carbocycles. The van der Waals surface area contributed by atoms with Gasteiger partial charge in [-0.3, -0.25) is 4.79 Å². The molecule has 3 nitrogen and oxygen atoms in total. The molecule has 2 aromatic carbocycles. The summed E-state index contributed by atoms with van der Waals surface area (Å²) < 4.78 is 0. The maximum Gasteiger partial charge on any atom is 0.256 e. The van der Waals surface area contributed by atoms with E-state index in [2.05, 4.69) is 5.32 Å². The predicted octanol–water partition coefficient (Wildman–Crippen LogP) is 3.48. The zero-order valence-corrected chi connectivity index (χ0v) is 10.7. The molecule has 0 saturated heterocycles. The van der Waals surface area contributed by atoms with E-state index in [9.17, 15) is 4.79 Å². The van der Waals surface area contributed by atoms with E-state index in [1.54, 1.807) is 24.3 Å². The number of nitrogens with one attached hydrogen (secondary N) is 1. The number of halogens is 1. The highest BCUT2D eigenvalue weighted by Crippen LogP contribution is 2.20. The summed E-state index contributed by atoms with van der Waals surface area (Å²) in [7, 11) is 0. The lowest BCUT2D eigenvalue weighted by Gasteiger charge is -2.09. The zero-order chi connectivity index (χ0) is 13.1. The van der Waals surface area contributed by atoms with Crippen LogP contribution in [0.4, 0.5) is 11.4 Å². The monoisotopic (exact) mass is 260 g/mol. The Bertz CT molecular complexity index is 596. The summed E-state index contributed by atoms with van der Waals surface area (Å²) in [4.78, 5) is 12.1. The third kappa shape index (κ3) is 2.63. The van der Waals surface area contributed by atoms with Gasteiger partial charge in [0.15, 0.2) is 0 Å². The highest BCUT2D eigenvalue weighted by atomic mass is 35.5. The fourth-order valence-corrected chi connectivity index (χ4v) is 1.81. The predicted molar refractivity (Wildman–Crippen MR) is 75.0 cm³/mol. The summed E-state index contributed by atoms with van der Waals surface area (Å²) in [6, 6.07) is 12.3. The number of benzene rings is 2. The number of amides is 1. The normalized spacial score (nSPS) is 10.1. The number of hydrogen-bond acceptors (Lipinski definition) is 2. The Balaban J connectivity index is 2.28. The summed E-state index contributed by atoms with van der Waals surface area (Å²) in [5.74, 6) is -0.215. The molecule has 2 aromatic rings. The van der Waals surface area contributed by atoms with Gasteiger partial charge < -0.3 is 11.1 Å². The van der Waals surface area contributed by atoms with Gasteiger partial charge in [-0.1, -0.05) is 29.8 Å². The topological polar surface area (TPSA) is 55.1 Å². The van der Waals surface area contributed by atoms with Crippen molar-refractivity contribution >= 4 is 28.9 Å². The Morgan fingerprint density at radius 1 is 1.22 bits per heavy atom. The maximum atomic E-state index is 12.1. The molecule has 0 bridgehead atoms. The van der Waals surface area contributed by atoms with Crippen LogP contribution in [0.1, 0.15) is 15.9 Å². The van der Waals surface area contributed by atoms with Crippen LogP contribution in [0, 0.1) is 6.92 Å². The highest BCUT2D eigenvalue weighted by Gasteiger charge is 2.10. The summed E-state index contributed by atoms with van der Waals surface area (Å²) >= 11 is 5.89. The molecule has 18 heavy (non-hydrogen) atoms. The summed E-state index contributed by atoms with van der Waals surface area (Å²) in [6.45, 7) is 1.86. The first-order valence-corrected chi connectivity index (χ1v) is 5.88. The maximum absolute atomic E-state index is 12.1. The van der Waals surface area contributed by atoms with Gasteiger partial charge in [-0.2, -0.15) is 0 Å². The van der Waals surface area contributed by atoms with E-state index in [0.29, 0.717) is 22.0 Å². The van der Waals surface area contributed by atoms with Gasteiger partial charge in [0.1, 0.15) is 0 Å². The van der Waals surface area contributed by atoms with Crippen LogP contribution in [0.2, 0.25) is 5.02 Å². The minimum Gasteiger partial charge on any atom is -0.397 e. The second-order valence-electron chi connectivity index (χ2n) is 4.00. The largest absolute Gasteiger partial charge is 0.397 e. The number of carbonyl (C=O) groups excluding carboxylic acids is 1. The number of para-hydroxylation sites is 2. The van der Waals surface area contributed by atoms with Gasteiger partial charge in [0.2, 0.25) is 0 Å². The average Bonchev–Trinajstić information content (AvgIpc) is 2.35. The molecule has 92 valence electrons. The SMILES string of the molecule is Cc1ccc(Cl)cc1C(=O)Nc1ccccc1N. The molecule has 0 spiro atoms. The lowest BCUT2D eigenvalue weighted by Crippen LogP contribution is -2.14. The van der Waals surface area contributed by atoms with Gasteiger partial charge in [-0.15, -0.1) is 0 Å². The number of anilines is 2. The van der Waals surface area contributed by atoms with Gasteiger partial charge in [0, 0.05) is 10.6 Å². The third-order valence-electron chi connectivity index (χ3n) is 2.65. The van der Waals surface area contributed by atoms with Crippen LogP contribution in [0.15, 0.2) is 42.5 Å². The Labute approximate surface area is 111 Å². The van der Waals surface area contributed by atoms with Crippen molar-refractivity contribution in [1.29, 1.82) is 0 Å². The number of rotatable bonds is 2. The van der Waals surface area contributed by atoms with Crippen molar-refractivity contribution in [3.63, 3.8) is 0 Å². The second-order valence-corrected chi connectivity index (χ2v) is 4.44. The minimum absolute atomic E-state index is 0.215. The van der Waals surface area contributed by atoms with E-state index in [0.717, 1.165) is 5.56 Å². The molecule has 3 N–H and O–H groups in total. The van der Waals surface area contributed by atoms with Crippen molar-refractivity contribution in [2.75, 3.05) is 11.1 Å². The molecule has 0 saturated carbocycles. The number of nitrogens with two attached hydrogens (primary N) is 1. The van der Waals surface area contributed by atoms with Gasteiger partial charge >= 0.3 is 0 Å². The van der Waals surface area contributed by atoms with Crippen molar-refractivity contribution in [2.24, 2.45) is 0 Å². The molecule has 0 atom stereocenters. The molecule has 2 rings (SSSR count). The molecular formula is C14H13ClN2O. The van der Waals surface area contributed by atoms with Crippen molar-refractivity contribution in [2.45, 2.75) is 6.92 Å². The van der Waals surface area contributed by atoms with Crippen LogP contribution >= 0.6 is 11.6 Å². The van der Waals surface area contributed by atoms with Gasteiger partial charge in [-0.05, 0) is 36.8 Å². The van der Waals surface area contributed by atoms with Gasteiger partial charge in [0.25, 0.3) is 5.91 Å². The second kappa shape index (κ2) is 5.10. The summed E-state index contributed by atoms with van der Waals surface area (Å²) in [5.41, 5.74) is 8.32. The molecule has 0 aliphatic rings. The first kappa shape index (κ1) is 12.5. The molecule has 1 amide bonds. The van der Waals surface area contributed by atoms with E-state index in [1.807, 2.05) is 25.1 Å². The van der Waals surface area contributed by atoms with Crippen molar-refractivity contribution in [3.05, 3.63) is 58.6 Å². The van der Waals surface area contributed by atoms with Crippen LogP contribution in [-0.4, -0.2) is 5.91 Å². The standard InChI is InChI=1S/C14H13ClN2O/c1-9-6-7-10(15)8-11(9)14(18)17-13-5-3-2-4-12(13)16/h2-8H,16H2,1H3,(H,17,18). The number of hydrogen-bond donors (Lipinski definition) is 2. The van der Waals surface area contributed by atoms with E-state index >= 15 is 0 Å². The smallest absolute Gasteiger partial charge is 0.256 e. The van der Waals surface area contributed by atoms with Crippen LogP contribution < -0.4 is 11.1 Å². The van der Waals surface area contributed by atoms with Crippen LogP contribution in [0.3, 0.4) is 0 Å². The molecule has 0 heterocycles. The van der Waals surface area contributed by atoms with Crippen LogP contribution in [0.5, 0.6) is 0 Å². The van der Waals surface area contributed by atoms with Crippen LogP contribution in [-0.2, 0) is 0 Å². The van der Waals surface area contributed by atoms with E-state index in [1.165, 1.54) is 0 Å². The van der Waals surface area contributed by atoms with E-state index < -0.39 is 0 Å². The van der Waals surface area contributed by atoms with Crippen molar-refractivity contribution in [1.82, 2.24) is 0 Å². The lowest BCUT2D eigenvalue weighted by molar-refractivity contribution is 0.102. The fraction of sp³-hybridized carbons (Fsp3) is 0.0714. The molecule has 0 aliphatic heterocycles. The fourth-order valence-electron chi connectivity index (χ4n) is 1.64. The molecule has 0 radical (unpaired) electrons. The summed E-state index contributed by atoms with van der Waals surface area (Å²) in [5, 5.41) is 3.31. The van der Waals surface area contributed by atoms with E-state index in [-0.39, 0.29) is 5.91 Å². The molecule has 4 heteroatoms.